The van der Waals surface area contributed by atoms with Crippen LogP contribution in [0.15, 0.2) is 29.4 Å². The first-order chi connectivity index (χ1) is 9.65. The second-order valence-electron chi connectivity index (χ2n) is 4.54. The molecule has 8 heteroatoms. The van der Waals surface area contributed by atoms with Gasteiger partial charge in [-0.25, -0.2) is 0 Å². The molecule has 1 fully saturated rings. The molecular formula is C12H13N5O2S. The van der Waals surface area contributed by atoms with Gasteiger partial charge in [0.05, 0.1) is 10.9 Å². The number of phenolic OH excluding ortho intramolecular Hbond substituents is 1. The maximum absolute atomic E-state index is 11.9. The summed E-state index contributed by atoms with van der Waals surface area (Å²) in [6.07, 6.45) is 0.794. The molecule has 1 N–H and O–H groups in total. The van der Waals surface area contributed by atoms with Gasteiger partial charge in [0, 0.05) is 13.6 Å². The van der Waals surface area contributed by atoms with Gasteiger partial charge in [0.25, 0.3) is 0 Å². The number of benzene rings is 1. The SMILES string of the molecule is CN1CCC(Sc2nnnn2-c2ccc(O)cc2)C1=O. The Morgan fingerprint density at radius 2 is 2.10 bits per heavy atom. The molecule has 104 valence electrons. The zero-order valence-electron chi connectivity index (χ0n) is 10.8. The molecule has 3 rings (SSSR count). The number of thioether (sulfide) groups is 1. The Morgan fingerprint density at radius 3 is 2.75 bits per heavy atom. The van der Waals surface area contributed by atoms with Crippen molar-refractivity contribution in [2.24, 2.45) is 0 Å². The van der Waals surface area contributed by atoms with Gasteiger partial charge in [-0.15, -0.1) is 5.10 Å². The summed E-state index contributed by atoms with van der Waals surface area (Å²) in [6, 6.07) is 6.58. The molecule has 1 aromatic carbocycles. The van der Waals surface area contributed by atoms with Crippen LogP contribution < -0.4 is 0 Å². The number of nitrogens with zero attached hydrogens (tertiary/aromatic N) is 5. The van der Waals surface area contributed by atoms with Crippen LogP contribution in [-0.4, -0.2) is 55.0 Å². The number of rotatable bonds is 3. The Labute approximate surface area is 119 Å². The first-order valence-corrected chi connectivity index (χ1v) is 7.02. The van der Waals surface area contributed by atoms with Crippen molar-refractivity contribution >= 4 is 17.7 Å². The largest absolute Gasteiger partial charge is 0.508 e. The normalized spacial score (nSPS) is 18.8. The third-order valence-electron chi connectivity index (χ3n) is 3.16. The van der Waals surface area contributed by atoms with E-state index in [-0.39, 0.29) is 16.9 Å². The van der Waals surface area contributed by atoms with Crippen molar-refractivity contribution in [3.63, 3.8) is 0 Å². The van der Waals surface area contributed by atoms with E-state index in [0.717, 1.165) is 18.7 Å². The van der Waals surface area contributed by atoms with Crippen LogP contribution in [0.4, 0.5) is 0 Å². The number of hydrogen-bond acceptors (Lipinski definition) is 6. The number of amides is 1. The molecule has 0 saturated carbocycles. The van der Waals surface area contributed by atoms with Gasteiger partial charge in [0.15, 0.2) is 0 Å². The Balaban J connectivity index is 1.84. The molecule has 1 saturated heterocycles. The van der Waals surface area contributed by atoms with Crippen molar-refractivity contribution in [2.45, 2.75) is 16.8 Å². The zero-order chi connectivity index (χ0) is 14.1. The van der Waals surface area contributed by atoms with Crippen molar-refractivity contribution in [2.75, 3.05) is 13.6 Å². The van der Waals surface area contributed by atoms with Gasteiger partial charge < -0.3 is 10.0 Å². The van der Waals surface area contributed by atoms with E-state index in [1.165, 1.54) is 11.8 Å². The second-order valence-corrected chi connectivity index (χ2v) is 5.71. The van der Waals surface area contributed by atoms with Gasteiger partial charge in [-0.3, -0.25) is 4.79 Å². The van der Waals surface area contributed by atoms with Crippen molar-refractivity contribution < 1.29 is 9.90 Å². The van der Waals surface area contributed by atoms with Gasteiger partial charge in [-0.2, -0.15) is 4.68 Å². The molecule has 7 nitrogen and oxygen atoms in total. The number of phenols is 1. The van der Waals surface area contributed by atoms with Crippen LogP contribution >= 0.6 is 11.8 Å². The smallest absolute Gasteiger partial charge is 0.235 e. The van der Waals surface area contributed by atoms with Crippen LogP contribution in [0.2, 0.25) is 0 Å². The van der Waals surface area contributed by atoms with Gasteiger partial charge >= 0.3 is 0 Å². The van der Waals surface area contributed by atoms with E-state index < -0.39 is 0 Å². The van der Waals surface area contributed by atoms with Crippen LogP contribution in [0.25, 0.3) is 5.69 Å². The van der Waals surface area contributed by atoms with E-state index in [2.05, 4.69) is 15.5 Å². The summed E-state index contributed by atoms with van der Waals surface area (Å²) in [5.41, 5.74) is 0.745. The molecule has 1 amide bonds. The monoisotopic (exact) mass is 291 g/mol. The van der Waals surface area contributed by atoms with Crippen LogP contribution in [-0.2, 0) is 4.79 Å². The molecule has 0 radical (unpaired) electrons. The summed E-state index contributed by atoms with van der Waals surface area (Å²) in [6.45, 7) is 0.761. The van der Waals surface area contributed by atoms with E-state index in [0.29, 0.717) is 5.16 Å². The zero-order valence-corrected chi connectivity index (χ0v) is 11.6. The molecular weight excluding hydrogens is 278 g/mol. The molecule has 1 aliphatic rings. The highest BCUT2D eigenvalue weighted by molar-refractivity contribution is 8.00. The molecule has 20 heavy (non-hydrogen) atoms. The minimum absolute atomic E-state index is 0.107. The minimum Gasteiger partial charge on any atom is -0.508 e. The highest BCUT2D eigenvalue weighted by Gasteiger charge is 2.31. The average molecular weight is 291 g/mol. The number of tetrazole rings is 1. The summed E-state index contributed by atoms with van der Waals surface area (Å²) in [5, 5.41) is 21.3. The molecule has 2 heterocycles. The Morgan fingerprint density at radius 1 is 1.35 bits per heavy atom. The summed E-state index contributed by atoms with van der Waals surface area (Å²) < 4.78 is 1.57. The predicted octanol–water partition coefficient (Wildman–Crippen LogP) is 0.691. The molecule has 1 unspecified atom stereocenters. The number of likely N-dealkylation sites (tertiary alicyclic amines) is 1. The van der Waals surface area contributed by atoms with Gasteiger partial charge in [-0.05, 0) is 41.1 Å². The highest BCUT2D eigenvalue weighted by Crippen LogP contribution is 2.29. The molecule has 1 aliphatic heterocycles. The van der Waals surface area contributed by atoms with Crippen LogP contribution in [0.3, 0.4) is 0 Å². The molecule has 1 aromatic heterocycles. The molecule has 0 spiro atoms. The van der Waals surface area contributed by atoms with Crippen molar-refractivity contribution in [1.29, 1.82) is 0 Å². The lowest BCUT2D eigenvalue weighted by atomic mass is 10.3. The van der Waals surface area contributed by atoms with E-state index in [1.807, 2.05) is 0 Å². The van der Waals surface area contributed by atoms with E-state index in [9.17, 15) is 9.90 Å². The Kier molecular flexibility index (Phi) is 3.31. The number of aromatic nitrogens is 4. The first kappa shape index (κ1) is 12.9. The van der Waals surface area contributed by atoms with Gasteiger partial charge in [-0.1, -0.05) is 11.8 Å². The van der Waals surface area contributed by atoms with Crippen molar-refractivity contribution in [3.8, 4) is 11.4 Å². The van der Waals surface area contributed by atoms with Crippen molar-refractivity contribution in [1.82, 2.24) is 25.1 Å². The standard InChI is InChI=1S/C12H13N5O2S/c1-16-7-6-10(11(16)19)20-12-13-14-15-17(12)8-2-4-9(18)5-3-8/h2-5,10,18H,6-7H2,1H3. The third-order valence-corrected chi connectivity index (χ3v) is 4.35. The lowest BCUT2D eigenvalue weighted by molar-refractivity contribution is -0.126. The average Bonchev–Trinajstić information content (AvgIpc) is 3.02. The molecule has 0 aliphatic carbocycles. The van der Waals surface area contributed by atoms with Crippen LogP contribution in [0, 0.1) is 0 Å². The van der Waals surface area contributed by atoms with Gasteiger partial charge in [0.1, 0.15) is 5.75 Å². The third kappa shape index (κ3) is 2.34. The topological polar surface area (TPSA) is 84.1 Å². The van der Waals surface area contributed by atoms with E-state index in [1.54, 1.807) is 40.9 Å². The summed E-state index contributed by atoms with van der Waals surface area (Å²) in [7, 11) is 1.80. The molecule has 1 atom stereocenters. The molecule has 2 aromatic rings. The predicted molar refractivity (Wildman–Crippen MR) is 72.7 cm³/mol. The van der Waals surface area contributed by atoms with Gasteiger partial charge in [0.2, 0.25) is 11.1 Å². The summed E-state index contributed by atoms with van der Waals surface area (Å²) >= 11 is 1.37. The number of aromatic hydroxyl groups is 1. The molecule has 0 bridgehead atoms. The quantitative estimate of drug-likeness (QED) is 0.895. The fourth-order valence-corrected chi connectivity index (χ4v) is 3.12. The van der Waals surface area contributed by atoms with E-state index >= 15 is 0 Å². The number of carbonyl (C=O) groups excluding carboxylic acids is 1. The highest BCUT2D eigenvalue weighted by atomic mass is 32.2. The minimum atomic E-state index is -0.137. The number of carbonyl (C=O) groups is 1. The second kappa shape index (κ2) is 5.12. The van der Waals surface area contributed by atoms with E-state index in [4.69, 9.17) is 0 Å². The number of hydrogen-bond donors (Lipinski definition) is 1. The Hall–Kier alpha value is -2.09. The summed E-state index contributed by atoms with van der Waals surface area (Å²) in [4.78, 5) is 13.6. The first-order valence-electron chi connectivity index (χ1n) is 6.14. The fourth-order valence-electron chi connectivity index (χ4n) is 2.04. The van der Waals surface area contributed by atoms with Crippen LogP contribution in [0.1, 0.15) is 6.42 Å². The fraction of sp³-hybridized carbons (Fsp3) is 0.333. The maximum Gasteiger partial charge on any atom is 0.235 e. The lowest BCUT2D eigenvalue weighted by Crippen LogP contribution is -2.24. The van der Waals surface area contributed by atoms with Crippen LogP contribution in [0.5, 0.6) is 5.75 Å². The van der Waals surface area contributed by atoms with Crippen molar-refractivity contribution in [3.05, 3.63) is 24.3 Å². The summed E-state index contributed by atoms with van der Waals surface area (Å²) in [5.74, 6) is 0.291. The maximum atomic E-state index is 11.9. The lowest BCUT2D eigenvalue weighted by Gasteiger charge is -2.09. The Bertz CT molecular complexity index is 627.